The van der Waals surface area contributed by atoms with Crippen LogP contribution in [0.4, 0.5) is 5.82 Å². The summed E-state index contributed by atoms with van der Waals surface area (Å²) < 4.78 is 5.27. The molecule has 0 amide bonds. The predicted octanol–water partition coefficient (Wildman–Crippen LogP) is 0.573. The molecule has 0 aromatic carbocycles. The zero-order valence-corrected chi connectivity index (χ0v) is 8.55. The van der Waals surface area contributed by atoms with E-state index in [0.29, 0.717) is 5.69 Å². The second kappa shape index (κ2) is 4.24. The van der Waals surface area contributed by atoms with Crippen LogP contribution in [0.2, 0.25) is 0 Å². The molecule has 0 radical (unpaired) electrons. The van der Waals surface area contributed by atoms with E-state index in [1.54, 1.807) is 13.3 Å². The van der Waals surface area contributed by atoms with Crippen molar-refractivity contribution in [3.63, 3.8) is 0 Å². The Balaban J connectivity index is 2.08. The van der Waals surface area contributed by atoms with Crippen molar-refractivity contribution in [1.29, 1.82) is 5.26 Å². The average molecular weight is 204 g/mol. The van der Waals surface area contributed by atoms with Gasteiger partial charge in [0.05, 0.1) is 18.5 Å². The lowest BCUT2D eigenvalue weighted by Crippen LogP contribution is -2.23. The van der Waals surface area contributed by atoms with Gasteiger partial charge < -0.3 is 9.64 Å². The Morgan fingerprint density at radius 2 is 2.40 bits per heavy atom. The topological polar surface area (TPSA) is 62.0 Å². The SMILES string of the molecule is COC1CCN(c2cnc(C#N)cn2)C1. The molecule has 78 valence electrons. The van der Waals surface area contributed by atoms with E-state index in [1.807, 2.05) is 6.07 Å². The minimum absolute atomic E-state index is 0.280. The number of nitrogens with zero attached hydrogens (tertiary/aromatic N) is 4. The summed E-state index contributed by atoms with van der Waals surface area (Å²) in [6.07, 6.45) is 4.42. The van der Waals surface area contributed by atoms with Gasteiger partial charge in [0.15, 0.2) is 5.69 Å². The number of rotatable bonds is 2. The van der Waals surface area contributed by atoms with Gasteiger partial charge in [-0.3, -0.25) is 0 Å². The molecule has 1 unspecified atom stereocenters. The van der Waals surface area contributed by atoms with Gasteiger partial charge in [-0.15, -0.1) is 0 Å². The van der Waals surface area contributed by atoms with Crippen LogP contribution in [0.25, 0.3) is 0 Å². The number of ether oxygens (including phenoxy) is 1. The van der Waals surface area contributed by atoms with Crippen molar-refractivity contribution in [3.8, 4) is 6.07 Å². The Bertz CT molecular complexity index is 370. The molecule has 2 rings (SSSR count). The van der Waals surface area contributed by atoms with Crippen LogP contribution in [0.3, 0.4) is 0 Å². The smallest absolute Gasteiger partial charge is 0.158 e. The van der Waals surface area contributed by atoms with Crippen LogP contribution in [0.1, 0.15) is 12.1 Å². The van der Waals surface area contributed by atoms with E-state index in [0.717, 1.165) is 25.3 Å². The molecule has 5 nitrogen and oxygen atoms in total. The minimum Gasteiger partial charge on any atom is -0.380 e. The molecule has 0 aliphatic carbocycles. The fourth-order valence-electron chi connectivity index (χ4n) is 1.67. The number of nitriles is 1. The highest BCUT2D eigenvalue weighted by atomic mass is 16.5. The molecular weight excluding hydrogens is 192 g/mol. The van der Waals surface area contributed by atoms with Crippen molar-refractivity contribution in [1.82, 2.24) is 9.97 Å². The third-order valence-electron chi connectivity index (χ3n) is 2.56. The van der Waals surface area contributed by atoms with Crippen LogP contribution < -0.4 is 4.90 Å². The van der Waals surface area contributed by atoms with Crippen LogP contribution in [0.15, 0.2) is 12.4 Å². The van der Waals surface area contributed by atoms with Crippen molar-refractivity contribution in [2.24, 2.45) is 0 Å². The number of aromatic nitrogens is 2. The van der Waals surface area contributed by atoms with Gasteiger partial charge >= 0.3 is 0 Å². The maximum absolute atomic E-state index is 8.59. The summed E-state index contributed by atoms with van der Waals surface area (Å²) in [6, 6.07) is 1.95. The lowest BCUT2D eigenvalue weighted by molar-refractivity contribution is 0.121. The molecule has 2 heterocycles. The van der Waals surface area contributed by atoms with Crippen molar-refractivity contribution in [2.45, 2.75) is 12.5 Å². The molecule has 0 N–H and O–H groups in total. The molecule has 1 atom stereocenters. The maximum atomic E-state index is 8.59. The van der Waals surface area contributed by atoms with Crippen LogP contribution in [-0.4, -0.2) is 36.3 Å². The van der Waals surface area contributed by atoms with E-state index in [2.05, 4.69) is 14.9 Å². The number of hydrogen-bond donors (Lipinski definition) is 0. The van der Waals surface area contributed by atoms with Crippen LogP contribution >= 0.6 is 0 Å². The summed E-state index contributed by atoms with van der Waals surface area (Å²) >= 11 is 0. The molecule has 15 heavy (non-hydrogen) atoms. The summed E-state index contributed by atoms with van der Waals surface area (Å²) in [5, 5.41) is 8.59. The Hall–Kier alpha value is -1.67. The van der Waals surface area contributed by atoms with Crippen molar-refractivity contribution < 1.29 is 4.74 Å². The Morgan fingerprint density at radius 3 is 2.93 bits per heavy atom. The highest BCUT2D eigenvalue weighted by Crippen LogP contribution is 2.18. The van der Waals surface area contributed by atoms with E-state index < -0.39 is 0 Å². The van der Waals surface area contributed by atoms with Crippen molar-refractivity contribution >= 4 is 5.82 Å². The van der Waals surface area contributed by atoms with Gasteiger partial charge in [0.25, 0.3) is 0 Å². The third kappa shape index (κ3) is 2.05. The average Bonchev–Trinajstić information content (AvgIpc) is 2.78. The second-order valence-electron chi connectivity index (χ2n) is 3.46. The lowest BCUT2D eigenvalue weighted by Gasteiger charge is -2.16. The first-order valence-electron chi connectivity index (χ1n) is 4.83. The molecule has 1 fully saturated rings. The van der Waals surface area contributed by atoms with E-state index in [-0.39, 0.29) is 6.10 Å². The summed E-state index contributed by atoms with van der Waals surface area (Å²) in [5.74, 6) is 0.813. The van der Waals surface area contributed by atoms with Gasteiger partial charge in [-0.2, -0.15) is 5.26 Å². The van der Waals surface area contributed by atoms with Gasteiger partial charge in [-0.05, 0) is 6.42 Å². The summed E-state index contributed by atoms with van der Waals surface area (Å²) in [7, 11) is 1.72. The van der Waals surface area contributed by atoms with Crippen LogP contribution in [-0.2, 0) is 4.74 Å². The first kappa shape index (κ1) is 9.87. The zero-order chi connectivity index (χ0) is 10.7. The molecule has 1 aromatic rings. The lowest BCUT2D eigenvalue weighted by atomic mass is 10.3. The van der Waals surface area contributed by atoms with Crippen LogP contribution in [0, 0.1) is 11.3 Å². The molecule has 5 heteroatoms. The van der Waals surface area contributed by atoms with Gasteiger partial charge in [0.2, 0.25) is 0 Å². The fourth-order valence-corrected chi connectivity index (χ4v) is 1.67. The Labute approximate surface area is 88.3 Å². The standard InChI is InChI=1S/C10H12N4O/c1-15-9-2-3-14(7-9)10-6-12-8(4-11)5-13-10/h5-6,9H,2-3,7H2,1H3. The van der Waals surface area contributed by atoms with Crippen molar-refractivity contribution in [2.75, 3.05) is 25.1 Å². The van der Waals surface area contributed by atoms with Gasteiger partial charge in [0, 0.05) is 20.2 Å². The number of methoxy groups -OCH3 is 1. The first-order valence-corrected chi connectivity index (χ1v) is 4.83. The zero-order valence-electron chi connectivity index (χ0n) is 8.55. The highest BCUT2D eigenvalue weighted by Gasteiger charge is 2.22. The molecular formula is C10H12N4O. The quantitative estimate of drug-likeness (QED) is 0.705. The van der Waals surface area contributed by atoms with E-state index >= 15 is 0 Å². The Morgan fingerprint density at radius 1 is 1.53 bits per heavy atom. The largest absolute Gasteiger partial charge is 0.380 e. The summed E-state index contributed by atoms with van der Waals surface area (Å²) in [5.41, 5.74) is 0.348. The van der Waals surface area contributed by atoms with Gasteiger partial charge in [-0.25, -0.2) is 9.97 Å². The monoisotopic (exact) mass is 204 g/mol. The van der Waals surface area contributed by atoms with Crippen LogP contribution in [0.5, 0.6) is 0 Å². The number of hydrogen-bond acceptors (Lipinski definition) is 5. The van der Waals surface area contributed by atoms with E-state index in [1.165, 1.54) is 6.20 Å². The minimum atomic E-state index is 0.280. The predicted molar refractivity (Wildman–Crippen MR) is 54.4 cm³/mol. The normalized spacial score (nSPS) is 20.3. The molecule has 0 saturated carbocycles. The second-order valence-corrected chi connectivity index (χ2v) is 3.46. The molecule has 0 bridgehead atoms. The van der Waals surface area contributed by atoms with Gasteiger partial charge in [-0.1, -0.05) is 0 Å². The number of anilines is 1. The maximum Gasteiger partial charge on any atom is 0.158 e. The van der Waals surface area contributed by atoms with E-state index in [9.17, 15) is 0 Å². The molecule has 1 saturated heterocycles. The first-order chi connectivity index (χ1) is 7.33. The molecule has 1 aromatic heterocycles. The fraction of sp³-hybridized carbons (Fsp3) is 0.500. The molecule has 0 spiro atoms. The summed E-state index contributed by atoms with van der Waals surface area (Å²) in [4.78, 5) is 10.3. The Kier molecular flexibility index (Phi) is 2.79. The third-order valence-corrected chi connectivity index (χ3v) is 2.56. The molecule has 1 aliphatic heterocycles. The van der Waals surface area contributed by atoms with E-state index in [4.69, 9.17) is 10.00 Å². The summed E-state index contributed by atoms with van der Waals surface area (Å²) in [6.45, 7) is 1.77. The van der Waals surface area contributed by atoms with Crippen molar-refractivity contribution in [3.05, 3.63) is 18.1 Å². The molecule has 1 aliphatic rings. The van der Waals surface area contributed by atoms with Gasteiger partial charge in [0.1, 0.15) is 11.9 Å². The highest BCUT2D eigenvalue weighted by molar-refractivity contribution is 5.38.